The van der Waals surface area contributed by atoms with Gasteiger partial charge in [-0.1, -0.05) is 0 Å². The minimum absolute atomic E-state index is 0.163. The Bertz CT molecular complexity index is 824. The van der Waals surface area contributed by atoms with Gasteiger partial charge in [0.15, 0.2) is 5.65 Å². The first-order chi connectivity index (χ1) is 10.7. The first-order valence-corrected chi connectivity index (χ1v) is 10.6. The van der Waals surface area contributed by atoms with Crippen molar-refractivity contribution in [2.45, 2.75) is 6.54 Å². The van der Waals surface area contributed by atoms with Gasteiger partial charge in [-0.3, -0.25) is 8.77 Å². The van der Waals surface area contributed by atoms with Gasteiger partial charge in [0.2, 0.25) is 0 Å². The molecule has 0 aliphatic carbocycles. The van der Waals surface area contributed by atoms with Crippen molar-refractivity contribution in [1.29, 1.82) is 0 Å². The SMILES string of the molecule is O=C(NCc1cncnc1)c1cnc2c(c1)c(I)cn2SI. The molecule has 1 amide bonds. The predicted molar refractivity (Wildman–Crippen MR) is 103 cm³/mol. The summed E-state index contributed by atoms with van der Waals surface area (Å²) in [6, 6.07) is 1.87. The van der Waals surface area contributed by atoms with Gasteiger partial charge in [-0.2, -0.15) is 0 Å². The average molecular weight is 537 g/mol. The van der Waals surface area contributed by atoms with Crippen LogP contribution < -0.4 is 5.32 Å². The van der Waals surface area contributed by atoms with Crippen LogP contribution in [-0.2, 0) is 6.54 Å². The van der Waals surface area contributed by atoms with Crippen LogP contribution in [0.3, 0.4) is 0 Å². The van der Waals surface area contributed by atoms with Crippen LogP contribution in [0.2, 0.25) is 0 Å². The monoisotopic (exact) mass is 537 g/mol. The Balaban J connectivity index is 1.81. The fourth-order valence-electron chi connectivity index (χ4n) is 1.92. The maximum atomic E-state index is 12.2. The molecule has 0 atom stereocenters. The van der Waals surface area contributed by atoms with E-state index in [0.717, 1.165) is 20.2 Å². The van der Waals surface area contributed by atoms with Gasteiger partial charge in [0.25, 0.3) is 5.91 Å². The lowest BCUT2D eigenvalue weighted by atomic mass is 10.2. The van der Waals surface area contributed by atoms with E-state index in [9.17, 15) is 4.79 Å². The highest BCUT2D eigenvalue weighted by molar-refractivity contribution is 14.2. The molecule has 0 unspecified atom stereocenters. The Hall–Kier alpha value is -0.950. The van der Waals surface area contributed by atoms with Crippen LogP contribution in [0, 0.1) is 3.57 Å². The Morgan fingerprint density at radius 2 is 2.09 bits per heavy atom. The summed E-state index contributed by atoms with van der Waals surface area (Å²) < 4.78 is 3.04. The Labute approximate surface area is 156 Å². The van der Waals surface area contributed by atoms with E-state index in [0.29, 0.717) is 12.1 Å². The molecule has 6 nitrogen and oxygen atoms in total. The average Bonchev–Trinajstić information content (AvgIpc) is 2.89. The van der Waals surface area contributed by atoms with Crippen molar-refractivity contribution in [1.82, 2.24) is 24.2 Å². The number of rotatable bonds is 4. The molecule has 0 saturated carbocycles. The van der Waals surface area contributed by atoms with E-state index in [1.54, 1.807) is 27.7 Å². The summed E-state index contributed by atoms with van der Waals surface area (Å²) in [7, 11) is 1.55. The second-order valence-corrected chi connectivity index (χ2v) is 7.27. The molecule has 0 aliphatic heterocycles. The summed E-state index contributed by atoms with van der Waals surface area (Å²) in [4.78, 5) is 24.5. The van der Waals surface area contributed by atoms with Gasteiger partial charge in [-0.05, 0) is 28.7 Å². The van der Waals surface area contributed by atoms with Crippen molar-refractivity contribution in [3.8, 4) is 0 Å². The molecule has 3 rings (SSSR count). The van der Waals surface area contributed by atoms with Crippen molar-refractivity contribution in [2.24, 2.45) is 0 Å². The van der Waals surface area contributed by atoms with Crippen LogP contribution in [0.15, 0.2) is 37.2 Å². The maximum Gasteiger partial charge on any atom is 0.253 e. The van der Waals surface area contributed by atoms with Crippen LogP contribution >= 0.6 is 52.9 Å². The number of carbonyl (C=O) groups is 1. The Morgan fingerprint density at radius 3 is 2.82 bits per heavy atom. The molecule has 0 saturated heterocycles. The molecule has 22 heavy (non-hydrogen) atoms. The molecule has 0 radical (unpaired) electrons. The molecule has 3 aromatic heterocycles. The van der Waals surface area contributed by atoms with E-state index in [2.05, 4.69) is 64.1 Å². The van der Waals surface area contributed by atoms with Gasteiger partial charge in [-0.25, -0.2) is 15.0 Å². The summed E-state index contributed by atoms with van der Waals surface area (Å²) in [6.45, 7) is 0.388. The lowest BCUT2D eigenvalue weighted by Gasteiger charge is -2.05. The van der Waals surface area contributed by atoms with Gasteiger partial charge in [0.05, 0.1) is 5.56 Å². The Kier molecular flexibility index (Phi) is 5.13. The van der Waals surface area contributed by atoms with Crippen LogP contribution in [0.4, 0.5) is 0 Å². The zero-order chi connectivity index (χ0) is 15.5. The summed E-state index contributed by atoms with van der Waals surface area (Å²) in [5.74, 6) is -0.163. The Morgan fingerprint density at radius 1 is 1.32 bits per heavy atom. The third-order valence-corrected chi connectivity index (χ3v) is 5.53. The molecule has 0 aliphatic rings. The van der Waals surface area contributed by atoms with Crippen LogP contribution in [-0.4, -0.2) is 24.8 Å². The standard InChI is InChI=1S/C13H9I2N5OS/c14-11-6-20(22-15)12-10(11)1-9(5-18-12)13(21)19-4-8-2-16-7-17-3-8/h1-3,5-7H,4H2,(H,19,21). The van der Waals surface area contributed by atoms with E-state index in [-0.39, 0.29) is 5.91 Å². The molecule has 9 heteroatoms. The van der Waals surface area contributed by atoms with Crippen LogP contribution in [0.1, 0.15) is 15.9 Å². The zero-order valence-corrected chi connectivity index (χ0v) is 16.2. The molecule has 0 fully saturated rings. The first kappa shape index (κ1) is 15.9. The molecule has 0 aromatic carbocycles. The summed E-state index contributed by atoms with van der Waals surface area (Å²) in [5, 5.41) is 3.82. The molecule has 3 heterocycles. The summed E-state index contributed by atoms with van der Waals surface area (Å²) >= 11 is 4.45. The molecule has 0 bridgehead atoms. The topological polar surface area (TPSA) is 72.7 Å². The number of carbonyl (C=O) groups excluding carboxylic acids is 1. The van der Waals surface area contributed by atoms with Gasteiger partial charge in [0, 0.05) is 76.2 Å². The van der Waals surface area contributed by atoms with Gasteiger partial charge in [0.1, 0.15) is 6.33 Å². The maximum absolute atomic E-state index is 12.2. The number of hydrogen-bond acceptors (Lipinski definition) is 5. The number of hydrogen-bond donors (Lipinski definition) is 1. The minimum atomic E-state index is -0.163. The predicted octanol–water partition coefficient (Wildman–Crippen LogP) is 3.21. The van der Waals surface area contributed by atoms with E-state index in [1.165, 1.54) is 6.33 Å². The molecular formula is C13H9I2N5OS. The second kappa shape index (κ2) is 7.08. The van der Waals surface area contributed by atoms with Crippen molar-refractivity contribution < 1.29 is 4.79 Å². The zero-order valence-electron chi connectivity index (χ0n) is 11.0. The van der Waals surface area contributed by atoms with Crippen molar-refractivity contribution in [2.75, 3.05) is 0 Å². The number of nitrogens with one attached hydrogen (secondary N) is 1. The number of nitrogens with zero attached hydrogens (tertiary/aromatic N) is 4. The molecule has 112 valence electrons. The lowest BCUT2D eigenvalue weighted by molar-refractivity contribution is 0.0950. The largest absolute Gasteiger partial charge is 0.348 e. The molecule has 0 spiro atoms. The molecule has 1 N–H and O–H groups in total. The molecular weight excluding hydrogens is 528 g/mol. The van der Waals surface area contributed by atoms with E-state index in [1.807, 2.05) is 16.2 Å². The van der Waals surface area contributed by atoms with Gasteiger partial charge < -0.3 is 5.32 Å². The fourth-order valence-corrected chi connectivity index (χ4v) is 4.05. The lowest BCUT2D eigenvalue weighted by Crippen LogP contribution is -2.23. The van der Waals surface area contributed by atoms with Crippen molar-refractivity contribution in [3.05, 3.63) is 51.9 Å². The summed E-state index contributed by atoms with van der Waals surface area (Å²) in [6.07, 6.45) is 8.41. The van der Waals surface area contributed by atoms with E-state index >= 15 is 0 Å². The third-order valence-electron chi connectivity index (χ3n) is 2.97. The van der Waals surface area contributed by atoms with E-state index < -0.39 is 0 Å². The number of halogens is 2. The number of amides is 1. The van der Waals surface area contributed by atoms with Gasteiger partial charge >= 0.3 is 0 Å². The molecule has 3 aromatic rings. The highest BCUT2D eigenvalue weighted by Crippen LogP contribution is 2.28. The third kappa shape index (κ3) is 3.35. The number of fused-ring (bicyclic) bond motifs is 1. The smallest absolute Gasteiger partial charge is 0.253 e. The second-order valence-electron chi connectivity index (χ2n) is 4.40. The quantitative estimate of drug-likeness (QED) is 0.518. The highest BCUT2D eigenvalue weighted by Gasteiger charge is 2.12. The fraction of sp³-hybridized carbons (Fsp3) is 0.0769. The highest BCUT2D eigenvalue weighted by atomic mass is 127. The van der Waals surface area contributed by atoms with Crippen LogP contribution in [0.25, 0.3) is 11.0 Å². The van der Waals surface area contributed by atoms with Crippen LogP contribution in [0.5, 0.6) is 0 Å². The minimum Gasteiger partial charge on any atom is -0.348 e. The summed E-state index contributed by atoms with van der Waals surface area (Å²) in [5.41, 5.74) is 2.25. The first-order valence-electron chi connectivity index (χ1n) is 6.17. The normalized spacial score (nSPS) is 10.8. The van der Waals surface area contributed by atoms with Crippen molar-refractivity contribution >= 4 is 69.9 Å². The number of pyridine rings is 1. The van der Waals surface area contributed by atoms with Crippen molar-refractivity contribution in [3.63, 3.8) is 0 Å². The number of aromatic nitrogens is 4. The van der Waals surface area contributed by atoms with Gasteiger partial charge in [-0.15, -0.1) is 0 Å². The van der Waals surface area contributed by atoms with E-state index in [4.69, 9.17) is 0 Å².